The van der Waals surface area contributed by atoms with Crippen molar-refractivity contribution in [3.8, 4) is 0 Å². The Morgan fingerprint density at radius 1 is 1.33 bits per heavy atom. The van der Waals surface area contributed by atoms with Crippen LogP contribution in [-0.2, 0) is 4.79 Å². The summed E-state index contributed by atoms with van der Waals surface area (Å²) in [5, 5.41) is 5.90. The van der Waals surface area contributed by atoms with Crippen LogP contribution in [0.3, 0.4) is 0 Å². The molecule has 0 unspecified atom stereocenters. The zero-order valence-electron chi connectivity index (χ0n) is 11.4. The van der Waals surface area contributed by atoms with Crippen LogP contribution in [0.15, 0.2) is 6.07 Å². The molecule has 0 atom stereocenters. The van der Waals surface area contributed by atoms with Gasteiger partial charge in [0.05, 0.1) is 6.54 Å². The number of likely N-dealkylation sites (N-methyl/N-ethyl adjacent to an activating group) is 2. The van der Waals surface area contributed by atoms with Crippen molar-refractivity contribution in [3.63, 3.8) is 0 Å². The molecule has 0 aliphatic heterocycles. The Morgan fingerprint density at radius 3 is 2.67 bits per heavy atom. The third-order valence-electron chi connectivity index (χ3n) is 2.33. The van der Waals surface area contributed by atoms with Crippen LogP contribution in [0.2, 0.25) is 0 Å². The zero-order chi connectivity index (χ0) is 13.5. The van der Waals surface area contributed by atoms with Gasteiger partial charge in [0.15, 0.2) is 0 Å². The molecular formula is C12H21N5O. The lowest BCUT2D eigenvalue weighted by Gasteiger charge is -2.18. The minimum Gasteiger partial charge on any atom is -0.370 e. The first-order valence-corrected chi connectivity index (χ1v) is 6.14. The molecule has 0 aliphatic carbocycles. The van der Waals surface area contributed by atoms with Crippen molar-refractivity contribution in [2.24, 2.45) is 0 Å². The number of nitrogens with zero attached hydrogens (tertiary/aromatic N) is 3. The summed E-state index contributed by atoms with van der Waals surface area (Å²) in [7, 11) is 1.84. The van der Waals surface area contributed by atoms with Gasteiger partial charge in [0, 0.05) is 26.2 Å². The standard InChI is InChI=1S/C12H21N5O/c1-5-13-10-7-11(16-9(3)15-10)17(4)8-12(18)14-6-2/h7H,5-6,8H2,1-4H3,(H,14,18)(H,13,15,16). The number of hydrogen-bond acceptors (Lipinski definition) is 5. The molecule has 0 saturated heterocycles. The Bertz CT molecular complexity index is 407. The van der Waals surface area contributed by atoms with Crippen LogP contribution in [-0.4, -0.2) is 42.6 Å². The highest BCUT2D eigenvalue weighted by Crippen LogP contribution is 2.14. The molecule has 0 saturated carbocycles. The normalized spacial score (nSPS) is 10.0. The first-order valence-electron chi connectivity index (χ1n) is 6.14. The molecule has 6 heteroatoms. The fourth-order valence-corrected chi connectivity index (χ4v) is 1.57. The molecule has 1 amide bonds. The summed E-state index contributed by atoms with van der Waals surface area (Å²) >= 11 is 0. The molecule has 0 spiro atoms. The summed E-state index contributed by atoms with van der Waals surface area (Å²) in [5.41, 5.74) is 0. The van der Waals surface area contributed by atoms with Gasteiger partial charge >= 0.3 is 0 Å². The Balaban J connectivity index is 2.78. The lowest BCUT2D eigenvalue weighted by atomic mass is 10.4. The summed E-state index contributed by atoms with van der Waals surface area (Å²) in [6.07, 6.45) is 0. The highest BCUT2D eigenvalue weighted by molar-refractivity contribution is 5.80. The first kappa shape index (κ1) is 14.2. The lowest BCUT2D eigenvalue weighted by molar-refractivity contribution is -0.119. The van der Waals surface area contributed by atoms with Crippen LogP contribution >= 0.6 is 0 Å². The Kier molecular flexibility index (Phi) is 5.35. The van der Waals surface area contributed by atoms with Gasteiger partial charge in [0.1, 0.15) is 17.5 Å². The number of aromatic nitrogens is 2. The predicted molar refractivity (Wildman–Crippen MR) is 72.9 cm³/mol. The number of carbonyl (C=O) groups excluding carboxylic acids is 1. The van der Waals surface area contributed by atoms with Gasteiger partial charge in [0.2, 0.25) is 5.91 Å². The van der Waals surface area contributed by atoms with Crippen LogP contribution in [0.5, 0.6) is 0 Å². The Labute approximate surface area is 108 Å². The monoisotopic (exact) mass is 251 g/mol. The zero-order valence-corrected chi connectivity index (χ0v) is 11.4. The van der Waals surface area contributed by atoms with Gasteiger partial charge in [-0.05, 0) is 20.8 Å². The molecule has 18 heavy (non-hydrogen) atoms. The molecule has 0 fully saturated rings. The quantitative estimate of drug-likeness (QED) is 0.782. The number of nitrogens with one attached hydrogen (secondary N) is 2. The number of hydrogen-bond donors (Lipinski definition) is 2. The fourth-order valence-electron chi connectivity index (χ4n) is 1.57. The van der Waals surface area contributed by atoms with Crippen molar-refractivity contribution in [1.82, 2.24) is 15.3 Å². The minimum absolute atomic E-state index is 0.0127. The van der Waals surface area contributed by atoms with Crippen LogP contribution in [0, 0.1) is 6.92 Å². The van der Waals surface area contributed by atoms with Crippen LogP contribution in [0.4, 0.5) is 11.6 Å². The van der Waals surface area contributed by atoms with E-state index in [1.54, 1.807) is 4.90 Å². The van der Waals surface area contributed by atoms with Gasteiger partial charge < -0.3 is 15.5 Å². The molecule has 1 aromatic heterocycles. The molecule has 1 rings (SSSR count). The molecular weight excluding hydrogens is 230 g/mol. The molecule has 0 bridgehead atoms. The van der Waals surface area contributed by atoms with E-state index in [1.165, 1.54) is 0 Å². The molecule has 0 aromatic carbocycles. The average molecular weight is 251 g/mol. The van der Waals surface area contributed by atoms with Crippen molar-refractivity contribution in [2.75, 3.05) is 36.9 Å². The lowest BCUT2D eigenvalue weighted by Crippen LogP contribution is -2.35. The third kappa shape index (κ3) is 4.20. The topological polar surface area (TPSA) is 70.2 Å². The fraction of sp³-hybridized carbons (Fsp3) is 0.583. The maximum Gasteiger partial charge on any atom is 0.239 e. The molecule has 100 valence electrons. The highest BCUT2D eigenvalue weighted by atomic mass is 16.2. The predicted octanol–water partition coefficient (Wildman–Crippen LogP) is 0.789. The third-order valence-corrected chi connectivity index (χ3v) is 2.33. The maximum atomic E-state index is 11.5. The first-order chi connectivity index (χ1) is 8.56. The summed E-state index contributed by atoms with van der Waals surface area (Å²) in [6.45, 7) is 7.47. The van der Waals surface area contributed by atoms with E-state index >= 15 is 0 Å². The van der Waals surface area contributed by atoms with Gasteiger partial charge in [-0.15, -0.1) is 0 Å². The maximum absolute atomic E-state index is 11.5. The second-order valence-electron chi connectivity index (χ2n) is 4.00. The van der Waals surface area contributed by atoms with E-state index in [0.717, 1.165) is 18.2 Å². The Hall–Kier alpha value is -1.85. The smallest absolute Gasteiger partial charge is 0.239 e. The summed E-state index contributed by atoms with van der Waals surface area (Å²) in [6, 6.07) is 1.84. The van der Waals surface area contributed by atoms with E-state index < -0.39 is 0 Å². The molecule has 1 heterocycles. The SMILES string of the molecule is CCNC(=O)CN(C)c1cc(NCC)nc(C)n1. The van der Waals surface area contributed by atoms with Gasteiger partial charge in [0.25, 0.3) is 0 Å². The van der Waals surface area contributed by atoms with Crippen LogP contribution in [0.1, 0.15) is 19.7 Å². The van der Waals surface area contributed by atoms with E-state index in [4.69, 9.17) is 0 Å². The average Bonchev–Trinajstić information content (AvgIpc) is 2.28. The van der Waals surface area contributed by atoms with E-state index in [1.807, 2.05) is 33.9 Å². The summed E-state index contributed by atoms with van der Waals surface area (Å²) in [4.78, 5) is 21.9. The van der Waals surface area contributed by atoms with Crippen molar-refractivity contribution < 1.29 is 4.79 Å². The van der Waals surface area contributed by atoms with Crippen molar-refractivity contribution >= 4 is 17.5 Å². The van der Waals surface area contributed by atoms with E-state index in [0.29, 0.717) is 12.4 Å². The summed E-state index contributed by atoms with van der Waals surface area (Å²) < 4.78 is 0. The highest BCUT2D eigenvalue weighted by Gasteiger charge is 2.09. The second kappa shape index (κ2) is 6.78. The Morgan fingerprint density at radius 2 is 2.06 bits per heavy atom. The molecule has 1 aromatic rings. The van der Waals surface area contributed by atoms with Gasteiger partial charge in [-0.3, -0.25) is 4.79 Å². The molecule has 0 radical (unpaired) electrons. The second-order valence-corrected chi connectivity index (χ2v) is 4.00. The van der Waals surface area contributed by atoms with Gasteiger partial charge in [-0.1, -0.05) is 0 Å². The molecule has 0 aliphatic rings. The number of aryl methyl sites for hydroxylation is 1. The van der Waals surface area contributed by atoms with E-state index in [9.17, 15) is 4.79 Å². The number of rotatable bonds is 6. The van der Waals surface area contributed by atoms with Crippen molar-refractivity contribution in [2.45, 2.75) is 20.8 Å². The minimum atomic E-state index is -0.0127. The van der Waals surface area contributed by atoms with Gasteiger partial charge in [-0.25, -0.2) is 9.97 Å². The summed E-state index contributed by atoms with van der Waals surface area (Å²) in [5.74, 6) is 2.19. The largest absolute Gasteiger partial charge is 0.370 e. The van der Waals surface area contributed by atoms with E-state index in [2.05, 4.69) is 20.6 Å². The number of carbonyl (C=O) groups is 1. The van der Waals surface area contributed by atoms with Crippen molar-refractivity contribution in [1.29, 1.82) is 0 Å². The van der Waals surface area contributed by atoms with Gasteiger partial charge in [-0.2, -0.15) is 0 Å². The molecule has 6 nitrogen and oxygen atoms in total. The number of anilines is 2. The van der Waals surface area contributed by atoms with E-state index in [-0.39, 0.29) is 12.5 Å². The number of amides is 1. The van der Waals surface area contributed by atoms with Crippen LogP contribution < -0.4 is 15.5 Å². The van der Waals surface area contributed by atoms with Crippen molar-refractivity contribution in [3.05, 3.63) is 11.9 Å². The molecule has 2 N–H and O–H groups in total. The van der Waals surface area contributed by atoms with Crippen LogP contribution in [0.25, 0.3) is 0 Å².